The third kappa shape index (κ3) is 2.04. The number of rotatable bonds is 2. The summed E-state index contributed by atoms with van der Waals surface area (Å²) in [5, 5.41) is 11.5. The molecule has 0 bridgehead atoms. The van der Waals surface area contributed by atoms with E-state index in [4.69, 9.17) is 23.2 Å². The minimum Gasteiger partial charge on any atom is -0.465 e. The summed E-state index contributed by atoms with van der Waals surface area (Å²) in [6.45, 7) is 0. The van der Waals surface area contributed by atoms with E-state index in [1.165, 1.54) is 17.9 Å². The van der Waals surface area contributed by atoms with Crippen LogP contribution in [0.2, 0.25) is 10.0 Å². The van der Waals surface area contributed by atoms with E-state index >= 15 is 0 Å². The van der Waals surface area contributed by atoms with Crippen LogP contribution in [-0.4, -0.2) is 33.3 Å². The zero-order valence-corrected chi connectivity index (χ0v) is 11.0. The van der Waals surface area contributed by atoms with Crippen LogP contribution in [0, 0.1) is 0 Å². The Hall–Kier alpha value is -1.66. The molecular weight excluding hydrogens is 279 g/mol. The first-order valence-corrected chi connectivity index (χ1v) is 5.61. The van der Waals surface area contributed by atoms with E-state index in [0.717, 1.165) is 0 Å². The van der Waals surface area contributed by atoms with Crippen molar-refractivity contribution in [1.29, 1.82) is 0 Å². The highest BCUT2D eigenvalue weighted by Crippen LogP contribution is 2.35. The molecule has 0 N–H and O–H groups in total. The van der Waals surface area contributed by atoms with Crippen LogP contribution in [0.3, 0.4) is 0 Å². The van der Waals surface area contributed by atoms with Gasteiger partial charge in [0.2, 0.25) is 0 Å². The summed E-state index contributed by atoms with van der Waals surface area (Å²) in [4.78, 5) is 11.5. The summed E-state index contributed by atoms with van der Waals surface area (Å²) in [7, 11) is 2.92. The van der Waals surface area contributed by atoms with Crippen LogP contribution >= 0.6 is 23.2 Å². The minimum atomic E-state index is -0.548. The van der Waals surface area contributed by atoms with Crippen LogP contribution in [0.1, 0.15) is 10.4 Å². The van der Waals surface area contributed by atoms with Gasteiger partial charge in [-0.2, -0.15) is 0 Å². The highest BCUT2D eigenvalue weighted by Gasteiger charge is 2.21. The van der Waals surface area contributed by atoms with Crippen molar-refractivity contribution in [2.75, 3.05) is 7.11 Å². The fourth-order valence-electron chi connectivity index (χ4n) is 1.47. The van der Waals surface area contributed by atoms with Gasteiger partial charge in [-0.05, 0) is 22.6 Å². The first-order valence-electron chi connectivity index (χ1n) is 4.85. The maximum atomic E-state index is 11.5. The van der Waals surface area contributed by atoms with Crippen molar-refractivity contribution >= 4 is 29.2 Å². The standard InChI is InChI=1S/C10H8Cl2N4O2/c1-16-9(13-14-15-16)7-6(11)4-3-5(8(7)12)10(17)18-2/h3-4H,1-2H3. The van der Waals surface area contributed by atoms with Gasteiger partial charge >= 0.3 is 5.97 Å². The number of halogens is 2. The summed E-state index contributed by atoms with van der Waals surface area (Å²) in [6, 6.07) is 3.04. The molecule has 6 nitrogen and oxygen atoms in total. The molecule has 0 saturated carbocycles. The number of methoxy groups -OCH3 is 1. The molecule has 94 valence electrons. The lowest BCUT2D eigenvalue weighted by Crippen LogP contribution is -2.04. The predicted octanol–water partition coefficient (Wildman–Crippen LogP) is 1.97. The molecule has 2 aromatic rings. The molecule has 0 fully saturated rings. The number of carbonyl (C=O) groups is 1. The average Bonchev–Trinajstić information content (AvgIpc) is 2.75. The molecule has 2 rings (SSSR count). The molecule has 0 aliphatic heterocycles. The molecule has 0 atom stereocenters. The Balaban J connectivity index is 2.68. The molecular formula is C10H8Cl2N4O2. The van der Waals surface area contributed by atoms with Crippen molar-refractivity contribution in [1.82, 2.24) is 20.2 Å². The number of benzene rings is 1. The van der Waals surface area contributed by atoms with Crippen molar-refractivity contribution in [3.05, 3.63) is 27.7 Å². The van der Waals surface area contributed by atoms with Crippen LogP contribution in [0.15, 0.2) is 12.1 Å². The fraction of sp³-hybridized carbons (Fsp3) is 0.200. The smallest absolute Gasteiger partial charge is 0.339 e. The van der Waals surface area contributed by atoms with Crippen molar-refractivity contribution in [2.24, 2.45) is 7.05 Å². The van der Waals surface area contributed by atoms with Gasteiger partial charge < -0.3 is 4.74 Å². The van der Waals surface area contributed by atoms with Crippen LogP contribution in [0.4, 0.5) is 0 Å². The Morgan fingerprint density at radius 2 is 2.11 bits per heavy atom. The van der Waals surface area contributed by atoms with Crippen molar-refractivity contribution in [2.45, 2.75) is 0 Å². The van der Waals surface area contributed by atoms with E-state index in [-0.39, 0.29) is 10.6 Å². The molecule has 1 heterocycles. The number of nitrogens with zero attached hydrogens (tertiary/aromatic N) is 4. The zero-order valence-electron chi connectivity index (χ0n) is 9.52. The molecule has 18 heavy (non-hydrogen) atoms. The van der Waals surface area contributed by atoms with E-state index in [1.807, 2.05) is 0 Å². The number of aromatic nitrogens is 4. The van der Waals surface area contributed by atoms with Gasteiger partial charge in [-0.1, -0.05) is 23.2 Å². The van der Waals surface area contributed by atoms with Crippen molar-refractivity contribution < 1.29 is 9.53 Å². The van der Waals surface area contributed by atoms with Gasteiger partial charge in [0, 0.05) is 7.05 Å². The quantitative estimate of drug-likeness (QED) is 0.790. The highest BCUT2D eigenvalue weighted by molar-refractivity contribution is 6.40. The second kappa shape index (κ2) is 4.91. The van der Waals surface area contributed by atoms with Gasteiger partial charge in [0.1, 0.15) is 0 Å². The van der Waals surface area contributed by atoms with Gasteiger partial charge in [-0.25, -0.2) is 9.48 Å². The second-order valence-corrected chi connectivity index (χ2v) is 4.19. The first kappa shape index (κ1) is 12.8. The number of hydrogen-bond acceptors (Lipinski definition) is 5. The molecule has 1 aromatic heterocycles. The lowest BCUT2D eigenvalue weighted by molar-refractivity contribution is 0.0601. The largest absolute Gasteiger partial charge is 0.465 e. The molecule has 1 aromatic carbocycles. The third-order valence-electron chi connectivity index (χ3n) is 2.34. The molecule has 0 spiro atoms. The van der Waals surface area contributed by atoms with E-state index < -0.39 is 5.97 Å². The van der Waals surface area contributed by atoms with Gasteiger partial charge in [0.05, 0.1) is 28.3 Å². The van der Waals surface area contributed by atoms with Crippen LogP contribution in [0.25, 0.3) is 11.4 Å². The van der Waals surface area contributed by atoms with Gasteiger partial charge in [0.15, 0.2) is 5.82 Å². The molecule has 0 aliphatic rings. The zero-order chi connectivity index (χ0) is 13.3. The summed E-state index contributed by atoms with van der Waals surface area (Å²) < 4.78 is 6.05. The van der Waals surface area contributed by atoms with Crippen molar-refractivity contribution in [3.8, 4) is 11.4 Å². The number of carbonyl (C=O) groups excluding carboxylic acids is 1. The Morgan fingerprint density at radius 1 is 1.39 bits per heavy atom. The SMILES string of the molecule is COC(=O)c1ccc(Cl)c(-c2nnnn2C)c1Cl. The molecule has 0 saturated heterocycles. The number of ether oxygens (including phenoxy) is 1. The van der Waals surface area contributed by atoms with E-state index in [2.05, 4.69) is 20.3 Å². The molecule has 0 unspecified atom stereocenters. The van der Waals surface area contributed by atoms with Gasteiger partial charge in [-0.15, -0.1) is 5.10 Å². The Labute approximate surface area is 112 Å². The lowest BCUT2D eigenvalue weighted by Gasteiger charge is -2.08. The van der Waals surface area contributed by atoms with Gasteiger partial charge in [0.25, 0.3) is 0 Å². The van der Waals surface area contributed by atoms with Crippen molar-refractivity contribution in [3.63, 3.8) is 0 Å². The fourth-order valence-corrected chi connectivity index (χ4v) is 2.08. The maximum absolute atomic E-state index is 11.5. The minimum absolute atomic E-state index is 0.159. The second-order valence-electron chi connectivity index (χ2n) is 3.40. The van der Waals surface area contributed by atoms with E-state index in [1.54, 1.807) is 13.1 Å². The summed E-state index contributed by atoms with van der Waals surface area (Å²) in [5.41, 5.74) is 0.607. The average molecular weight is 287 g/mol. The normalized spacial score (nSPS) is 10.4. The Bertz CT molecular complexity index is 612. The van der Waals surface area contributed by atoms with E-state index in [0.29, 0.717) is 16.4 Å². The Morgan fingerprint density at radius 3 is 2.67 bits per heavy atom. The first-order chi connectivity index (χ1) is 8.56. The summed E-state index contributed by atoms with van der Waals surface area (Å²) >= 11 is 12.2. The van der Waals surface area contributed by atoms with Gasteiger partial charge in [-0.3, -0.25) is 0 Å². The molecule has 0 amide bonds. The number of tetrazole rings is 1. The lowest BCUT2D eigenvalue weighted by atomic mass is 10.1. The molecule has 0 aliphatic carbocycles. The molecule has 8 heteroatoms. The van der Waals surface area contributed by atoms with Crippen LogP contribution in [-0.2, 0) is 11.8 Å². The predicted molar refractivity (Wildman–Crippen MR) is 65.6 cm³/mol. The van der Waals surface area contributed by atoms with Crippen LogP contribution in [0.5, 0.6) is 0 Å². The highest BCUT2D eigenvalue weighted by atomic mass is 35.5. The number of esters is 1. The molecule has 0 radical (unpaired) electrons. The summed E-state index contributed by atoms with van der Waals surface area (Å²) in [6.07, 6.45) is 0. The third-order valence-corrected chi connectivity index (χ3v) is 3.05. The monoisotopic (exact) mass is 286 g/mol. The topological polar surface area (TPSA) is 69.9 Å². The summed E-state index contributed by atoms with van der Waals surface area (Å²) in [5.74, 6) is -0.177. The van der Waals surface area contributed by atoms with E-state index in [9.17, 15) is 4.79 Å². The number of aryl methyl sites for hydroxylation is 1. The number of hydrogen-bond donors (Lipinski definition) is 0. The maximum Gasteiger partial charge on any atom is 0.339 e. The Kier molecular flexibility index (Phi) is 3.49. The van der Waals surface area contributed by atoms with Crippen LogP contribution < -0.4 is 0 Å².